The molecule has 168 valence electrons. The lowest BCUT2D eigenvalue weighted by Crippen LogP contribution is -2.51. The van der Waals surface area contributed by atoms with E-state index in [9.17, 15) is 4.79 Å². The van der Waals surface area contributed by atoms with Crippen LogP contribution < -0.4 is 0 Å². The van der Waals surface area contributed by atoms with Crippen LogP contribution in [0.3, 0.4) is 0 Å². The van der Waals surface area contributed by atoms with Crippen LogP contribution in [0.2, 0.25) is 0 Å². The molecule has 0 aliphatic carbocycles. The van der Waals surface area contributed by atoms with E-state index in [0.29, 0.717) is 18.2 Å². The predicted molar refractivity (Wildman–Crippen MR) is 126 cm³/mol. The molecule has 0 saturated carbocycles. The average molecular weight is 433 g/mol. The Morgan fingerprint density at radius 3 is 2.69 bits per heavy atom. The molecule has 3 heterocycles. The van der Waals surface area contributed by atoms with Crippen LogP contribution in [-0.4, -0.2) is 47.7 Å². The highest BCUT2D eigenvalue weighted by Crippen LogP contribution is 2.39. The van der Waals surface area contributed by atoms with Crippen LogP contribution in [0.5, 0.6) is 0 Å². The Kier molecular flexibility index (Phi) is 6.28. The van der Waals surface area contributed by atoms with Gasteiger partial charge in [-0.05, 0) is 55.7 Å². The summed E-state index contributed by atoms with van der Waals surface area (Å²) in [6, 6.07) is 20.3. The smallest absolute Gasteiger partial charge is 0.270 e. The lowest BCUT2D eigenvalue weighted by Gasteiger charge is -2.46. The van der Waals surface area contributed by atoms with Gasteiger partial charge in [-0.2, -0.15) is 0 Å². The minimum atomic E-state index is -0.0699. The number of aromatic nitrogens is 1. The number of likely N-dealkylation sites (tertiary alicyclic amines) is 1. The Hall–Kier alpha value is -2.63. The number of rotatable bonds is 6. The highest BCUT2D eigenvalue weighted by Gasteiger charge is 2.41. The number of hydrogen-bond acceptors (Lipinski definition) is 3. The maximum atomic E-state index is 13.0. The van der Waals surface area contributed by atoms with E-state index in [1.54, 1.807) is 0 Å². The minimum absolute atomic E-state index is 0.0699. The standard InChI is InChI=1S/C27H32N2O3/c30-26(25-18-23-8-4-5-9-24(23)28-25)29-14-12-27(13-15-29)19-21(11-17-32-27)10-16-31-20-22-6-2-1-3-7-22/h1-9,18,21,28H,10-17,19-20H2. The Labute approximate surface area is 189 Å². The predicted octanol–water partition coefficient (Wildman–Crippen LogP) is 5.18. The molecule has 0 bridgehead atoms. The topological polar surface area (TPSA) is 54.6 Å². The van der Waals surface area contributed by atoms with Gasteiger partial charge in [0.1, 0.15) is 5.69 Å². The van der Waals surface area contributed by atoms with E-state index in [1.165, 1.54) is 5.56 Å². The van der Waals surface area contributed by atoms with E-state index in [2.05, 4.69) is 29.2 Å². The molecular formula is C27H32N2O3. The molecule has 0 radical (unpaired) electrons. The quantitative estimate of drug-likeness (QED) is 0.546. The summed E-state index contributed by atoms with van der Waals surface area (Å²) in [5, 5.41) is 1.08. The van der Waals surface area contributed by atoms with E-state index in [-0.39, 0.29) is 11.5 Å². The van der Waals surface area contributed by atoms with Crippen molar-refractivity contribution in [3.05, 3.63) is 71.9 Å². The van der Waals surface area contributed by atoms with Gasteiger partial charge in [0.15, 0.2) is 0 Å². The molecule has 2 aromatic carbocycles. The molecule has 5 heteroatoms. The van der Waals surface area contributed by atoms with Crippen molar-refractivity contribution in [3.63, 3.8) is 0 Å². The average Bonchev–Trinajstić information content (AvgIpc) is 3.27. The van der Waals surface area contributed by atoms with Crippen LogP contribution in [0.15, 0.2) is 60.7 Å². The fourth-order valence-corrected chi connectivity index (χ4v) is 5.21. The van der Waals surface area contributed by atoms with Crippen molar-refractivity contribution in [2.45, 2.75) is 44.3 Å². The number of benzene rings is 2. The zero-order valence-corrected chi connectivity index (χ0v) is 18.6. The molecule has 1 amide bonds. The Morgan fingerprint density at radius 2 is 1.88 bits per heavy atom. The van der Waals surface area contributed by atoms with Crippen LogP contribution >= 0.6 is 0 Å². The number of hydrogen-bond donors (Lipinski definition) is 1. The third kappa shape index (κ3) is 4.74. The monoisotopic (exact) mass is 432 g/mol. The van der Waals surface area contributed by atoms with Crippen LogP contribution in [0, 0.1) is 5.92 Å². The van der Waals surface area contributed by atoms with Gasteiger partial charge in [-0.25, -0.2) is 0 Å². The Balaban J connectivity index is 1.11. The van der Waals surface area contributed by atoms with E-state index in [0.717, 1.165) is 69.3 Å². The summed E-state index contributed by atoms with van der Waals surface area (Å²) in [5.74, 6) is 0.730. The fourth-order valence-electron chi connectivity index (χ4n) is 5.21. The van der Waals surface area contributed by atoms with E-state index in [4.69, 9.17) is 9.47 Å². The molecule has 3 aromatic rings. The van der Waals surface area contributed by atoms with Crippen molar-refractivity contribution >= 4 is 16.8 Å². The molecule has 1 atom stereocenters. The first-order chi connectivity index (χ1) is 15.7. The van der Waals surface area contributed by atoms with Crippen molar-refractivity contribution in [1.82, 2.24) is 9.88 Å². The number of H-pyrrole nitrogens is 1. The van der Waals surface area contributed by atoms with Crippen molar-refractivity contribution in [1.29, 1.82) is 0 Å². The highest BCUT2D eigenvalue weighted by atomic mass is 16.5. The SMILES string of the molecule is O=C(c1cc2ccccc2[nH]1)N1CCC2(CC1)CC(CCOCc1ccccc1)CCO2. The van der Waals surface area contributed by atoms with Crippen LogP contribution in [0.25, 0.3) is 10.9 Å². The van der Waals surface area contributed by atoms with Crippen molar-refractivity contribution in [3.8, 4) is 0 Å². The van der Waals surface area contributed by atoms with Gasteiger partial charge in [-0.15, -0.1) is 0 Å². The third-order valence-corrected chi connectivity index (χ3v) is 7.10. The molecule has 1 N–H and O–H groups in total. The number of amides is 1. The van der Waals surface area contributed by atoms with Gasteiger partial charge in [0, 0.05) is 37.2 Å². The van der Waals surface area contributed by atoms with Gasteiger partial charge in [0.05, 0.1) is 12.2 Å². The number of aromatic amines is 1. The molecular weight excluding hydrogens is 400 g/mol. The maximum absolute atomic E-state index is 13.0. The summed E-state index contributed by atoms with van der Waals surface area (Å²) in [7, 11) is 0. The highest BCUT2D eigenvalue weighted by molar-refractivity contribution is 5.98. The number of fused-ring (bicyclic) bond motifs is 1. The molecule has 1 unspecified atom stereocenters. The summed E-state index contributed by atoms with van der Waals surface area (Å²) >= 11 is 0. The Bertz CT molecular complexity index is 1000. The molecule has 1 spiro atoms. The summed E-state index contributed by atoms with van der Waals surface area (Å²) in [6.45, 7) is 3.80. The summed E-state index contributed by atoms with van der Waals surface area (Å²) in [5.41, 5.74) is 2.85. The molecule has 2 aliphatic heterocycles. The molecule has 2 saturated heterocycles. The van der Waals surface area contributed by atoms with Crippen LogP contribution in [-0.2, 0) is 16.1 Å². The second-order valence-electron chi connectivity index (χ2n) is 9.28. The number of carbonyl (C=O) groups is 1. The van der Waals surface area contributed by atoms with E-state index in [1.807, 2.05) is 41.3 Å². The lowest BCUT2D eigenvalue weighted by atomic mass is 9.78. The number of piperidine rings is 1. The number of carbonyl (C=O) groups excluding carboxylic acids is 1. The van der Waals surface area contributed by atoms with Crippen LogP contribution in [0.4, 0.5) is 0 Å². The molecule has 5 rings (SSSR count). The third-order valence-electron chi connectivity index (χ3n) is 7.10. The normalized spacial score (nSPS) is 20.6. The first kappa shape index (κ1) is 21.2. The Morgan fingerprint density at radius 1 is 1.09 bits per heavy atom. The zero-order chi connectivity index (χ0) is 21.8. The molecule has 2 fully saturated rings. The van der Waals surface area contributed by atoms with Crippen molar-refractivity contribution in [2.75, 3.05) is 26.3 Å². The first-order valence-corrected chi connectivity index (χ1v) is 11.8. The summed E-state index contributed by atoms with van der Waals surface area (Å²) in [6.07, 6.45) is 5.10. The molecule has 32 heavy (non-hydrogen) atoms. The fraction of sp³-hybridized carbons (Fsp3) is 0.444. The lowest BCUT2D eigenvalue weighted by molar-refractivity contribution is -0.126. The van der Waals surface area contributed by atoms with Crippen molar-refractivity contribution < 1.29 is 14.3 Å². The molecule has 2 aliphatic rings. The van der Waals surface area contributed by atoms with E-state index >= 15 is 0 Å². The number of ether oxygens (including phenoxy) is 2. The van der Waals surface area contributed by atoms with Gasteiger partial charge in [-0.3, -0.25) is 4.79 Å². The summed E-state index contributed by atoms with van der Waals surface area (Å²) < 4.78 is 12.2. The number of nitrogens with zero attached hydrogens (tertiary/aromatic N) is 1. The molecule has 5 nitrogen and oxygen atoms in total. The van der Waals surface area contributed by atoms with E-state index < -0.39 is 0 Å². The van der Waals surface area contributed by atoms with Gasteiger partial charge in [-0.1, -0.05) is 48.5 Å². The summed E-state index contributed by atoms with van der Waals surface area (Å²) in [4.78, 5) is 18.3. The van der Waals surface area contributed by atoms with Gasteiger partial charge >= 0.3 is 0 Å². The maximum Gasteiger partial charge on any atom is 0.270 e. The van der Waals surface area contributed by atoms with Gasteiger partial charge < -0.3 is 19.4 Å². The molecule has 1 aromatic heterocycles. The second kappa shape index (κ2) is 9.47. The largest absolute Gasteiger partial charge is 0.377 e. The van der Waals surface area contributed by atoms with Gasteiger partial charge in [0.2, 0.25) is 0 Å². The van der Waals surface area contributed by atoms with Crippen LogP contribution in [0.1, 0.15) is 48.2 Å². The number of nitrogens with one attached hydrogen (secondary N) is 1. The van der Waals surface area contributed by atoms with Crippen molar-refractivity contribution in [2.24, 2.45) is 5.92 Å². The minimum Gasteiger partial charge on any atom is -0.377 e. The second-order valence-corrected chi connectivity index (χ2v) is 9.28. The van der Waals surface area contributed by atoms with Gasteiger partial charge in [0.25, 0.3) is 5.91 Å². The number of para-hydroxylation sites is 1. The first-order valence-electron chi connectivity index (χ1n) is 11.8. The zero-order valence-electron chi connectivity index (χ0n) is 18.6.